The largest absolute Gasteiger partial charge is 0.493 e. The summed E-state index contributed by atoms with van der Waals surface area (Å²) in [5.41, 5.74) is 0.371. The summed E-state index contributed by atoms with van der Waals surface area (Å²) >= 11 is 3.38. The maximum Gasteiger partial charge on any atom is 0.328 e. The van der Waals surface area contributed by atoms with Crippen molar-refractivity contribution in [2.24, 2.45) is 0 Å². The van der Waals surface area contributed by atoms with E-state index in [4.69, 9.17) is 9.47 Å². The average Bonchev–Trinajstić information content (AvgIpc) is 2.44. The fraction of sp³-hybridized carbons (Fsp3) is 0.267. The number of rotatable bonds is 4. The summed E-state index contributed by atoms with van der Waals surface area (Å²) in [6, 6.07) is 2.48. The number of imide groups is 2. The van der Waals surface area contributed by atoms with Gasteiger partial charge in [0, 0.05) is 0 Å². The van der Waals surface area contributed by atoms with Crippen LogP contribution in [0.5, 0.6) is 11.5 Å². The molecule has 4 amide bonds. The number of methoxy groups -OCH3 is 1. The van der Waals surface area contributed by atoms with E-state index < -0.39 is 17.8 Å². The van der Waals surface area contributed by atoms with Crippen molar-refractivity contribution in [2.75, 3.05) is 7.11 Å². The van der Waals surface area contributed by atoms with Crippen molar-refractivity contribution in [3.05, 3.63) is 27.7 Å². The number of barbiturate groups is 1. The standard InChI is InChI=1S/C15H15BrN2O5/c1-7(2)23-12-10(16)5-8(6-11(12)22-3)4-9-13(19)17-15(21)18-14(9)20/h4-7H,1-3H3,(H2,17,18,19,20,21). The highest BCUT2D eigenvalue weighted by Gasteiger charge is 2.27. The molecule has 0 unspecified atom stereocenters. The maximum atomic E-state index is 11.7. The summed E-state index contributed by atoms with van der Waals surface area (Å²) in [6.45, 7) is 3.77. The Morgan fingerprint density at radius 1 is 1.13 bits per heavy atom. The molecule has 23 heavy (non-hydrogen) atoms. The molecule has 1 aliphatic rings. The maximum absolute atomic E-state index is 11.7. The molecule has 1 aromatic rings. The molecule has 122 valence electrons. The van der Waals surface area contributed by atoms with E-state index >= 15 is 0 Å². The van der Waals surface area contributed by atoms with E-state index in [-0.39, 0.29) is 11.7 Å². The van der Waals surface area contributed by atoms with Crippen LogP contribution in [0.3, 0.4) is 0 Å². The highest BCUT2D eigenvalue weighted by atomic mass is 79.9. The first kappa shape index (κ1) is 17.0. The number of hydrogen-bond donors (Lipinski definition) is 2. The minimum Gasteiger partial charge on any atom is -0.493 e. The van der Waals surface area contributed by atoms with Crippen molar-refractivity contribution in [3.63, 3.8) is 0 Å². The lowest BCUT2D eigenvalue weighted by Crippen LogP contribution is -2.51. The summed E-state index contributed by atoms with van der Waals surface area (Å²) in [4.78, 5) is 34.5. The number of hydrogen-bond acceptors (Lipinski definition) is 5. The minimum absolute atomic E-state index is 0.0506. The number of ether oxygens (including phenoxy) is 2. The van der Waals surface area contributed by atoms with Crippen LogP contribution in [0.1, 0.15) is 19.4 Å². The van der Waals surface area contributed by atoms with E-state index in [1.54, 1.807) is 12.1 Å². The van der Waals surface area contributed by atoms with Gasteiger partial charge in [-0.15, -0.1) is 0 Å². The molecule has 0 spiro atoms. The van der Waals surface area contributed by atoms with Gasteiger partial charge in [0.25, 0.3) is 11.8 Å². The van der Waals surface area contributed by atoms with Gasteiger partial charge in [-0.2, -0.15) is 0 Å². The van der Waals surface area contributed by atoms with E-state index in [2.05, 4.69) is 15.9 Å². The molecule has 0 saturated carbocycles. The van der Waals surface area contributed by atoms with Crippen LogP contribution in [0.25, 0.3) is 6.08 Å². The van der Waals surface area contributed by atoms with Gasteiger partial charge in [0.15, 0.2) is 11.5 Å². The van der Waals surface area contributed by atoms with Gasteiger partial charge in [0.1, 0.15) is 5.57 Å². The number of nitrogens with one attached hydrogen (secondary N) is 2. The number of carbonyl (C=O) groups is 3. The van der Waals surface area contributed by atoms with Gasteiger partial charge in [-0.1, -0.05) is 0 Å². The first-order chi connectivity index (χ1) is 10.8. The molecule has 1 heterocycles. The van der Waals surface area contributed by atoms with Crippen LogP contribution in [0.4, 0.5) is 4.79 Å². The van der Waals surface area contributed by atoms with E-state index in [0.29, 0.717) is 21.5 Å². The van der Waals surface area contributed by atoms with E-state index in [1.165, 1.54) is 13.2 Å². The second-order valence-electron chi connectivity index (χ2n) is 5.00. The Kier molecular flexibility index (Phi) is 5.05. The van der Waals surface area contributed by atoms with Gasteiger partial charge in [-0.3, -0.25) is 20.2 Å². The van der Waals surface area contributed by atoms with Gasteiger partial charge in [0.05, 0.1) is 17.7 Å². The molecule has 0 aliphatic carbocycles. The number of carbonyl (C=O) groups excluding carboxylic acids is 3. The van der Waals surface area contributed by atoms with Crippen LogP contribution < -0.4 is 20.1 Å². The lowest BCUT2D eigenvalue weighted by Gasteiger charge is -2.17. The third-order valence-corrected chi connectivity index (χ3v) is 3.45. The summed E-state index contributed by atoms with van der Waals surface area (Å²) in [5, 5.41) is 4.03. The molecule has 0 bridgehead atoms. The van der Waals surface area contributed by atoms with Crippen molar-refractivity contribution in [3.8, 4) is 11.5 Å². The van der Waals surface area contributed by atoms with E-state index in [1.807, 2.05) is 24.5 Å². The average molecular weight is 383 g/mol. The third-order valence-electron chi connectivity index (χ3n) is 2.86. The molecule has 1 saturated heterocycles. The van der Waals surface area contributed by atoms with E-state index in [9.17, 15) is 14.4 Å². The normalized spacial score (nSPS) is 14.5. The minimum atomic E-state index is -0.836. The Morgan fingerprint density at radius 2 is 1.74 bits per heavy atom. The predicted molar refractivity (Wildman–Crippen MR) is 86.1 cm³/mol. The van der Waals surface area contributed by atoms with Crippen molar-refractivity contribution in [1.82, 2.24) is 10.6 Å². The number of benzene rings is 1. The molecule has 1 aliphatic heterocycles. The fourth-order valence-electron chi connectivity index (χ4n) is 1.95. The SMILES string of the molecule is COc1cc(C=C2C(=O)NC(=O)NC2=O)cc(Br)c1OC(C)C. The summed E-state index contributed by atoms with van der Waals surface area (Å²) in [6.07, 6.45) is 1.31. The molecular formula is C15H15BrN2O5. The van der Waals surface area contributed by atoms with Gasteiger partial charge in [0.2, 0.25) is 0 Å². The van der Waals surface area contributed by atoms with Crippen molar-refractivity contribution >= 4 is 39.9 Å². The molecule has 1 fully saturated rings. The Balaban J connectivity index is 2.43. The quantitative estimate of drug-likeness (QED) is 0.613. The fourth-order valence-corrected chi connectivity index (χ4v) is 2.50. The Morgan fingerprint density at radius 3 is 2.26 bits per heavy atom. The highest BCUT2D eigenvalue weighted by molar-refractivity contribution is 9.10. The van der Waals surface area contributed by atoms with Crippen LogP contribution in [-0.4, -0.2) is 31.1 Å². The van der Waals surface area contributed by atoms with Crippen LogP contribution >= 0.6 is 15.9 Å². The van der Waals surface area contributed by atoms with Crippen LogP contribution in [0, 0.1) is 0 Å². The van der Waals surface area contributed by atoms with Gasteiger partial charge in [-0.05, 0) is 53.5 Å². The monoisotopic (exact) mass is 382 g/mol. The van der Waals surface area contributed by atoms with Crippen molar-refractivity contribution < 1.29 is 23.9 Å². The number of halogens is 1. The van der Waals surface area contributed by atoms with E-state index in [0.717, 1.165) is 0 Å². The van der Waals surface area contributed by atoms with Crippen LogP contribution in [0.2, 0.25) is 0 Å². The second-order valence-corrected chi connectivity index (χ2v) is 5.85. The molecule has 0 aromatic heterocycles. The molecule has 8 heteroatoms. The molecule has 0 radical (unpaired) electrons. The second kappa shape index (κ2) is 6.82. The zero-order valence-corrected chi connectivity index (χ0v) is 14.3. The summed E-state index contributed by atoms with van der Waals surface area (Å²) < 4.78 is 11.6. The molecular weight excluding hydrogens is 368 g/mol. The predicted octanol–water partition coefficient (Wildman–Crippen LogP) is 1.99. The Hall–Kier alpha value is -2.35. The Bertz CT molecular complexity index is 690. The zero-order chi connectivity index (χ0) is 17.1. The smallest absolute Gasteiger partial charge is 0.328 e. The summed E-state index contributed by atoms with van der Waals surface area (Å²) in [5.74, 6) is -0.530. The van der Waals surface area contributed by atoms with Crippen molar-refractivity contribution in [2.45, 2.75) is 20.0 Å². The first-order valence-corrected chi connectivity index (χ1v) is 7.53. The Labute approximate surface area is 141 Å². The topological polar surface area (TPSA) is 93.7 Å². The number of amides is 4. The summed E-state index contributed by atoms with van der Waals surface area (Å²) in [7, 11) is 1.49. The highest BCUT2D eigenvalue weighted by Crippen LogP contribution is 2.37. The van der Waals surface area contributed by atoms with Gasteiger partial charge >= 0.3 is 6.03 Å². The molecule has 1 aromatic carbocycles. The first-order valence-electron chi connectivity index (χ1n) is 6.74. The lowest BCUT2D eigenvalue weighted by molar-refractivity contribution is -0.123. The molecule has 2 rings (SSSR count). The molecule has 7 nitrogen and oxygen atoms in total. The molecule has 2 N–H and O–H groups in total. The molecule has 0 atom stereocenters. The lowest BCUT2D eigenvalue weighted by atomic mass is 10.1. The van der Waals surface area contributed by atoms with Gasteiger partial charge in [-0.25, -0.2) is 4.79 Å². The van der Waals surface area contributed by atoms with Gasteiger partial charge < -0.3 is 9.47 Å². The van der Waals surface area contributed by atoms with Crippen LogP contribution in [-0.2, 0) is 9.59 Å². The zero-order valence-electron chi connectivity index (χ0n) is 12.7. The number of urea groups is 1. The van der Waals surface area contributed by atoms with Crippen molar-refractivity contribution in [1.29, 1.82) is 0 Å². The van der Waals surface area contributed by atoms with Crippen LogP contribution in [0.15, 0.2) is 22.2 Å². The third kappa shape index (κ3) is 3.89.